The summed E-state index contributed by atoms with van der Waals surface area (Å²) in [6, 6.07) is 5.97. The maximum absolute atomic E-state index is 11.9. The van der Waals surface area contributed by atoms with E-state index in [2.05, 4.69) is 0 Å². The number of benzene rings is 1. The molecule has 0 bridgehead atoms. The number of hydrogen-bond acceptors (Lipinski definition) is 2. The summed E-state index contributed by atoms with van der Waals surface area (Å²) in [6.07, 6.45) is 1.84. The second kappa shape index (κ2) is 5.45. The lowest BCUT2D eigenvalue weighted by Gasteiger charge is -2.11. The number of carboxylic acids is 1. The summed E-state index contributed by atoms with van der Waals surface area (Å²) in [5, 5.41) is 9.97. The second-order valence-electron chi connectivity index (χ2n) is 4.38. The molecule has 100 valence electrons. The van der Waals surface area contributed by atoms with Gasteiger partial charge in [-0.25, -0.2) is 4.79 Å². The van der Waals surface area contributed by atoms with Crippen LogP contribution in [0.3, 0.4) is 0 Å². The van der Waals surface area contributed by atoms with Crippen LogP contribution in [0.15, 0.2) is 29.1 Å². The van der Waals surface area contributed by atoms with Crippen LogP contribution in [-0.4, -0.2) is 15.6 Å². The molecule has 0 atom stereocenters. The van der Waals surface area contributed by atoms with Crippen LogP contribution in [-0.2, 0) is 6.54 Å². The van der Waals surface area contributed by atoms with Gasteiger partial charge in [0.2, 0.25) is 0 Å². The molecule has 0 aliphatic carbocycles. The minimum absolute atomic E-state index is 0.120. The van der Waals surface area contributed by atoms with E-state index in [0.717, 1.165) is 12.8 Å². The Morgan fingerprint density at radius 2 is 2.11 bits per heavy atom. The van der Waals surface area contributed by atoms with Gasteiger partial charge in [0.05, 0.1) is 16.1 Å². The minimum atomic E-state index is -1.03. The summed E-state index contributed by atoms with van der Waals surface area (Å²) in [5.41, 5.74) is 0.608. The summed E-state index contributed by atoms with van der Waals surface area (Å²) in [5.74, 6) is -1.03. The second-order valence-corrected chi connectivity index (χ2v) is 4.79. The molecule has 0 spiro atoms. The number of rotatable bonds is 4. The monoisotopic (exact) mass is 279 g/mol. The highest BCUT2D eigenvalue weighted by Gasteiger charge is 2.11. The third-order valence-corrected chi connectivity index (χ3v) is 3.30. The van der Waals surface area contributed by atoms with Gasteiger partial charge in [-0.3, -0.25) is 4.79 Å². The average molecular weight is 280 g/mol. The molecule has 0 aliphatic heterocycles. The molecule has 0 aliphatic rings. The van der Waals surface area contributed by atoms with E-state index in [4.69, 9.17) is 16.7 Å². The molecule has 1 N–H and O–H groups in total. The van der Waals surface area contributed by atoms with E-state index < -0.39 is 5.97 Å². The largest absolute Gasteiger partial charge is 0.478 e. The standard InChI is InChI=1S/C14H14ClNO3/c1-2-3-6-16-12(17)5-4-9-7-10(14(18)19)8-11(15)13(9)16/h4-5,7-8H,2-3,6H2,1H3,(H,18,19). The molecule has 5 heteroatoms. The number of hydrogen-bond donors (Lipinski definition) is 1. The molecule has 1 aromatic carbocycles. The molecule has 0 amide bonds. The van der Waals surface area contributed by atoms with Crippen LogP contribution >= 0.6 is 11.6 Å². The number of halogens is 1. The van der Waals surface area contributed by atoms with Crippen LogP contribution in [0.1, 0.15) is 30.1 Å². The van der Waals surface area contributed by atoms with Crippen LogP contribution in [0, 0.1) is 0 Å². The third kappa shape index (κ3) is 2.63. The maximum atomic E-state index is 11.9. The van der Waals surface area contributed by atoms with Crippen molar-refractivity contribution in [2.45, 2.75) is 26.3 Å². The Kier molecular flexibility index (Phi) is 3.90. The first-order valence-corrected chi connectivity index (χ1v) is 6.48. The molecule has 4 nitrogen and oxygen atoms in total. The smallest absolute Gasteiger partial charge is 0.335 e. The fourth-order valence-corrected chi connectivity index (χ4v) is 2.38. The highest BCUT2D eigenvalue weighted by Crippen LogP contribution is 2.24. The van der Waals surface area contributed by atoms with Crippen molar-refractivity contribution in [1.29, 1.82) is 0 Å². The zero-order valence-corrected chi connectivity index (χ0v) is 11.3. The van der Waals surface area contributed by atoms with Gasteiger partial charge in [-0.1, -0.05) is 24.9 Å². The molecule has 0 radical (unpaired) electrons. The maximum Gasteiger partial charge on any atom is 0.335 e. The van der Waals surface area contributed by atoms with E-state index in [0.29, 0.717) is 22.5 Å². The molecule has 2 rings (SSSR count). The first-order valence-electron chi connectivity index (χ1n) is 6.11. The molecule has 0 saturated heterocycles. The average Bonchev–Trinajstić information content (AvgIpc) is 2.37. The van der Waals surface area contributed by atoms with Crippen LogP contribution in [0.5, 0.6) is 0 Å². The lowest BCUT2D eigenvalue weighted by Crippen LogP contribution is -2.19. The highest BCUT2D eigenvalue weighted by molar-refractivity contribution is 6.35. The predicted molar refractivity (Wildman–Crippen MR) is 75.1 cm³/mol. The molecule has 1 aromatic heterocycles. The van der Waals surface area contributed by atoms with Crippen molar-refractivity contribution in [3.05, 3.63) is 45.2 Å². The van der Waals surface area contributed by atoms with Gasteiger partial charge < -0.3 is 9.67 Å². The van der Waals surface area contributed by atoms with Crippen molar-refractivity contribution in [1.82, 2.24) is 4.57 Å². The summed E-state index contributed by atoms with van der Waals surface area (Å²) >= 11 is 6.14. The fraction of sp³-hybridized carbons (Fsp3) is 0.286. The zero-order valence-electron chi connectivity index (χ0n) is 10.5. The normalized spacial score (nSPS) is 10.8. The Morgan fingerprint density at radius 1 is 1.37 bits per heavy atom. The number of carbonyl (C=O) groups is 1. The first kappa shape index (κ1) is 13.6. The van der Waals surface area contributed by atoms with Gasteiger partial charge in [0.15, 0.2) is 0 Å². The molecular formula is C14H14ClNO3. The number of nitrogens with zero attached hydrogens (tertiary/aromatic N) is 1. The SMILES string of the molecule is CCCCn1c(=O)ccc2cc(C(=O)O)cc(Cl)c21. The molecule has 2 aromatic rings. The Balaban J connectivity index is 2.71. The summed E-state index contributed by atoms with van der Waals surface area (Å²) < 4.78 is 1.60. The van der Waals surface area contributed by atoms with Crippen LogP contribution in [0.4, 0.5) is 0 Å². The lowest BCUT2D eigenvalue weighted by atomic mass is 10.1. The third-order valence-electron chi connectivity index (χ3n) is 3.02. The van der Waals surface area contributed by atoms with E-state index in [-0.39, 0.29) is 11.1 Å². The molecule has 0 saturated carbocycles. The summed E-state index contributed by atoms with van der Waals surface area (Å²) in [7, 11) is 0. The van der Waals surface area contributed by atoms with Crippen molar-refractivity contribution in [3.63, 3.8) is 0 Å². The number of fused-ring (bicyclic) bond motifs is 1. The number of aromatic carboxylic acids is 1. The summed E-state index contributed by atoms with van der Waals surface area (Å²) in [4.78, 5) is 22.9. The molecular weight excluding hydrogens is 266 g/mol. The van der Waals surface area contributed by atoms with Gasteiger partial charge in [0.25, 0.3) is 5.56 Å². The highest BCUT2D eigenvalue weighted by atomic mass is 35.5. The van der Waals surface area contributed by atoms with E-state index >= 15 is 0 Å². The van der Waals surface area contributed by atoms with E-state index in [1.54, 1.807) is 10.6 Å². The Morgan fingerprint density at radius 3 is 2.74 bits per heavy atom. The molecule has 1 heterocycles. The number of aromatic nitrogens is 1. The van der Waals surface area contributed by atoms with E-state index in [1.165, 1.54) is 18.2 Å². The van der Waals surface area contributed by atoms with Gasteiger partial charge in [-0.2, -0.15) is 0 Å². The summed E-state index contributed by atoms with van der Waals surface area (Å²) in [6.45, 7) is 2.62. The lowest BCUT2D eigenvalue weighted by molar-refractivity contribution is 0.0697. The van der Waals surface area contributed by atoms with Crippen molar-refractivity contribution in [2.24, 2.45) is 0 Å². The van der Waals surface area contributed by atoms with Gasteiger partial charge in [0.1, 0.15) is 0 Å². The molecule has 19 heavy (non-hydrogen) atoms. The van der Waals surface area contributed by atoms with Crippen molar-refractivity contribution >= 4 is 28.5 Å². The van der Waals surface area contributed by atoms with Gasteiger partial charge in [0, 0.05) is 18.0 Å². The quantitative estimate of drug-likeness (QED) is 0.935. The van der Waals surface area contributed by atoms with Gasteiger partial charge in [-0.05, 0) is 24.6 Å². The number of aryl methyl sites for hydroxylation is 1. The minimum Gasteiger partial charge on any atom is -0.478 e. The molecule has 0 unspecified atom stereocenters. The predicted octanol–water partition coefficient (Wildman–Crippen LogP) is 3.15. The van der Waals surface area contributed by atoms with E-state index in [9.17, 15) is 9.59 Å². The molecule has 0 fully saturated rings. The van der Waals surface area contributed by atoms with E-state index in [1.807, 2.05) is 6.92 Å². The van der Waals surface area contributed by atoms with Crippen molar-refractivity contribution in [2.75, 3.05) is 0 Å². The Bertz CT molecular complexity index is 691. The number of pyridine rings is 1. The van der Waals surface area contributed by atoms with Crippen LogP contribution in [0.2, 0.25) is 5.02 Å². The van der Waals surface area contributed by atoms with Crippen molar-refractivity contribution in [3.8, 4) is 0 Å². The Hall–Kier alpha value is -1.81. The Labute approximate surface area is 115 Å². The van der Waals surface area contributed by atoms with Crippen LogP contribution in [0.25, 0.3) is 10.9 Å². The topological polar surface area (TPSA) is 59.3 Å². The first-order chi connectivity index (χ1) is 9.04. The number of carboxylic acid groups (broad SMARTS) is 1. The van der Waals surface area contributed by atoms with Crippen molar-refractivity contribution < 1.29 is 9.90 Å². The zero-order chi connectivity index (χ0) is 14.0. The van der Waals surface area contributed by atoms with Crippen LogP contribution < -0.4 is 5.56 Å². The van der Waals surface area contributed by atoms with Gasteiger partial charge >= 0.3 is 5.97 Å². The van der Waals surface area contributed by atoms with Gasteiger partial charge in [-0.15, -0.1) is 0 Å². The number of unbranched alkanes of at least 4 members (excludes halogenated alkanes) is 1. The fourth-order valence-electron chi connectivity index (χ4n) is 2.06.